The molecule has 0 spiro atoms. The molecule has 1 atom stereocenters. The number of amides is 1. The molecule has 3 aliphatic heterocycles. The van der Waals surface area contributed by atoms with E-state index < -0.39 is 0 Å². The van der Waals surface area contributed by atoms with Crippen LogP contribution in [0.5, 0.6) is 0 Å². The second-order valence-corrected chi connectivity index (χ2v) is 5.96. The predicted molar refractivity (Wildman–Crippen MR) is 80.0 cm³/mol. The standard InChI is InChI=1S/C16H18N4O/c21-16(19-14-10-20-8-5-11(14)6-9-20)13-4-3-12-2-1-7-17-15(12)18-13/h1-4,7,11,14H,5-6,8-10H2,(H,19,21). The summed E-state index contributed by atoms with van der Waals surface area (Å²) in [6.45, 7) is 3.33. The number of carbonyl (C=O) groups is 1. The smallest absolute Gasteiger partial charge is 0.270 e. The summed E-state index contributed by atoms with van der Waals surface area (Å²) < 4.78 is 0. The number of nitrogens with zero attached hydrogens (tertiary/aromatic N) is 3. The fraction of sp³-hybridized carbons (Fsp3) is 0.438. The monoisotopic (exact) mass is 282 g/mol. The normalized spacial score (nSPS) is 27.7. The molecule has 2 aromatic heterocycles. The fourth-order valence-electron chi connectivity index (χ4n) is 3.45. The molecule has 3 aliphatic rings. The van der Waals surface area contributed by atoms with Crippen molar-refractivity contribution in [2.75, 3.05) is 19.6 Å². The number of aromatic nitrogens is 2. The number of fused-ring (bicyclic) bond motifs is 4. The number of pyridine rings is 2. The van der Waals surface area contributed by atoms with Crippen LogP contribution in [0.4, 0.5) is 0 Å². The Kier molecular flexibility index (Phi) is 3.07. The SMILES string of the molecule is O=C(NC1CN2CCC1CC2)c1ccc2cccnc2n1. The average molecular weight is 282 g/mol. The summed E-state index contributed by atoms with van der Waals surface area (Å²) in [6, 6.07) is 7.77. The van der Waals surface area contributed by atoms with Crippen LogP contribution in [0.1, 0.15) is 23.3 Å². The number of piperidine rings is 3. The van der Waals surface area contributed by atoms with Gasteiger partial charge in [0.1, 0.15) is 5.69 Å². The van der Waals surface area contributed by atoms with Gasteiger partial charge in [0.2, 0.25) is 0 Å². The zero-order valence-corrected chi connectivity index (χ0v) is 11.8. The van der Waals surface area contributed by atoms with Crippen molar-refractivity contribution in [1.82, 2.24) is 20.2 Å². The number of carbonyl (C=O) groups excluding carboxylic acids is 1. The molecular weight excluding hydrogens is 264 g/mol. The Morgan fingerprint density at radius 3 is 2.86 bits per heavy atom. The van der Waals surface area contributed by atoms with Gasteiger partial charge in [0, 0.05) is 24.2 Å². The molecule has 1 N–H and O–H groups in total. The lowest BCUT2D eigenvalue weighted by atomic mass is 9.84. The summed E-state index contributed by atoms with van der Waals surface area (Å²) in [4.78, 5) is 23.4. The first-order valence-electron chi connectivity index (χ1n) is 7.54. The number of rotatable bonds is 2. The minimum Gasteiger partial charge on any atom is -0.346 e. The van der Waals surface area contributed by atoms with E-state index in [1.807, 2.05) is 18.2 Å². The molecule has 5 rings (SSSR count). The summed E-state index contributed by atoms with van der Waals surface area (Å²) in [6.07, 6.45) is 4.08. The van der Waals surface area contributed by atoms with Crippen molar-refractivity contribution in [2.24, 2.45) is 5.92 Å². The van der Waals surface area contributed by atoms with Gasteiger partial charge in [-0.3, -0.25) is 4.79 Å². The summed E-state index contributed by atoms with van der Waals surface area (Å²) in [5.41, 5.74) is 1.08. The Hall–Kier alpha value is -2.01. The Balaban J connectivity index is 1.53. The Labute approximate surface area is 123 Å². The van der Waals surface area contributed by atoms with Crippen molar-refractivity contribution >= 4 is 16.9 Å². The Morgan fingerprint density at radius 2 is 2.10 bits per heavy atom. The molecule has 5 heteroatoms. The lowest BCUT2D eigenvalue weighted by Crippen LogP contribution is -2.57. The Morgan fingerprint density at radius 1 is 1.24 bits per heavy atom. The maximum absolute atomic E-state index is 12.4. The summed E-state index contributed by atoms with van der Waals surface area (Å²) in [7, 11) is 0. The molecule has 3 fully saturated rings. The molecule has 21 heavy (non-hydrogen) atoms. The van der Waals surface area contributed by atoms with Crippen LogP contribution in [0.15, 0.2) is 30.5 Å². The highest BCUT2D eigenvalue weighted by molar-refractivity contribution is 5.94. The zero-order valence-electron chi connectivity index (χ0n) is 11.8. The molecule has 3 saturated heterocycles. The number of hydrogen-bond donors (Lipinski definition) is 1. The van der Waals surface area contributed by atoms with Gasteiger partial charge in [-0.2, -0.15) is 0 Å². The molecule has 0 radical (unpaired) electrons. The minimum atomic E-state index is -0.0821. The molecule has 1 amide bonds. The van der Waals surface area contributed by atoms with Crippen LogP contribution >= 0.6 is 0 Å². The van der Waals surface area contributed by atoms with E-state index in [0.717, 1.165) is 11.9 Å². The van der Waals surface area contributed by atoms with Crippen molar-refractivity contribution in [2.45, 2.75) is 18.9 Å². The number of nitrogens with one attached hydrogen (secondary N) is 1. The van der Waals surface area contributed by atoms with Crippen LogP contribution in [-0.4, -0.2) is 46.5 Å². The molecular formula is C16H18N4O. The van der Waals surface area contributed by atoms with Crippen molar-refractivity contribution in [3.05, 3.63) is 36.2 Å². The molecule has 0 saturated carbocycles. The van der Waals surface area contributed by atoms with Gasteiger partial charge in [-0.25, -0.2) is 9.97 Å². The van der Waals surface area contributed by atoms with Gasteiger partial charge in [0.25, 0.3) is 5.91 Å². The van der Waals surface area contributed by atoms with Crippen LogP contribution in [-0.2, 0) is 0 Å². The molecule has 5 heterocycles. The fourth-order valence-corrected chi connectivity index (χ4v) is 3.45. The van der Waals surface area contributed by atoms with E-state index in [4.69, 9.17) is 0 Å². The van der Waals surface area contributed by atoms with E-state index in [9.17, 15) is 4.79 Å². The maximum atomic E-state index is 12.4. The van der Waals surface area contributed by atoms with E-state index in [2.05, 4.69) is 20.2 Å². The second-order valence-electron chi connectivity index (χ2n) is 5.96. The van der Waals surface area contributed by atoms with Gasteiger partial charge in [0.05, 0.1) is 0 Å². The highest BCUT2D eigenvalue weighted by atomic mass is 16.2. The first kappa shape index (κ1) is 12.7. The summed E-state index contributed by atoms with van der Waals surface area (Å²) in [5.74, 6) is 0.541. The molecule has 2 aromatic rings. The van der Waals surface area contributed by atoms with Crippen LogP contribution in [0.3, 0.4) is 0 Å². The summed E-state index contributed by atoms with van der Waals surface area (Å²) in [5, 5.41) is 4.12. The van der Waals surface area contributed by atoms with E-state index in [1.54, 1.807) is 12.3 Å². The van der Waals surface area contributed by atoms with E-state index in [1.165, 1.54) is 25.9 Å². The molecule has 1 unspecified atom stereocenters. The largest absolute Gasteiger partial charge is 0.346 e. The van der Waals surface area contributed by atoms with Gasteiger partial charge in [-0.15, -0.1) is 0 Å². The average Bonchev–Trinajstić information content (AvgIpc) is 2.55. The molecule has 108 valence electrons. The maximum Gasteiger partial charge on any atom is 0.270 e. The predicted octanol–water partition coefficient (Wildman–Crippen LogP) is 1.45. The van der Waals surface area contributed by atoms with Gasteiger partial charge in [-0.1, -0.05) is 0 Å². The third-order valence-electron chi connectivity index (χ3n) is 4.67. The van der Waals surface area contributed by atoms with E-state index in [0.29, 0.717) is 17.3 Å². The third-order valence-corrected chi connectivity index (χ3v) is 4.67. The number of hydrogen-bond acceptors (Lipinski definition) is 4. The minimum absolute atomic E-state index is 0.0821. The van der Waals surface area contributed by atoms with Crippen molar-refractivity contribution in [3.63, 3.8) is 0 Å². The van der Waals surface area contributed by atoms with Crippen LogP contribution in [0.2, 0.25) is 0 Å². The lowest BCUT2D eigenvalue weighted by molar-refractivity contribution is 0.0618. The molecule has 2 bridgehead atoms. The van der Waals surface area contributed by atoms with Gasteiger partial charge < -0.3 is 10.2 Å². The van der Waals surface area contributed by atoms with Crippen LogP contribution in [0.25, 0.3) is 11.0 Å². The second kappa shape index (κ2) is 5.07. The topological polar surface area (TPSA) is 58.1 Å². The van der Waals surface area contributed by atoms with Crippen LogP contribution < -0.4 is 5.32 Å². The van der Waals surface area contributed by atoms with Crippen LogP contribution in [0, 0.1) is 5.92 Å². The van der Waals surface area contributed by atoms with Gasteiger partial charge >= 0.3 is 0 Å². The van der Waals surface area contributed by atoms with Crippen molar-refractivity contribution < 1.29 is 4.79 Å². The molecule has 5 nitrogen and oxygen atoms in total. The highest BCUT2D eigenvalue weighted by Crippen LogP contribution is 2.27. The highest BCUT2D eigenvalue weighted by Gasteiger charge is 2.35. The molecule has 0 aromatic carbocycles. The first-order valence-corrected chi connectivity index (χ1v) is 7.54. The van der Waals surface area contributed by atoms with Crippen molar-refractivity contribution in [1.29, 1.82) is 0 Å². The van der Waals surface area contributed by atoms with E-state index >= 15 is 0 Å². The van der Waals surface area contributed by atoms with Gasteiger partial charge in [0.15, 0.2) is 5.65 Å². The summed E-state index contributed by atoms with van der Waals surface area (Å²) >= 11 is 0. The first-order chi connectivity index (χ1) is 10.3. The molecule has 0 aliphatic carbocycles. The van der Waals surface area contributed by atoms with Gasteiger partial charge in [-0.05, 0) is 56.1 Å². The van der Waals surface area contributed by atoms with E-state index in [-0.39, 0.29) is 11.9 Å². The van der Waals surface area contributed by atoms with Crippen molar-refractivity contribution in [3.8, 4) is 0 Å². The third kappa shape index (κ3) is 2.38. The Bertz CT molecular complexity index is 679. The zero-order chi connectivity index (χ0) is 14.2. The quantitative estimate of drug-likeness (QED) is 0.906. The lowest BCUT2D eigenvalue weighted by Gasteiger charge is -2.44.